The topological polar surface area (TPSA) is 83.5 Å². The molecule has 1 amide bonds. The van der Waals surface area contributed by atoms with Gasteiger partial charge in [0.1, 0.15) is 0 Å². The van der Waals surface area contributed by atoms with E-state index in [1.807, 2.05) is 0 Å². The van der Waals surface area contributed by atoms with Crippen LogP contribution in [0.4, 0.5) is 0 Å². The lowest BCUT2D eigenvalue weighted by molar-refractivity contribution is 0.0951. The molecule has 0 bridgehead atoms. The maximum atomic E-state index is 11.6. The van der Waals surface area contributed by atoms with Gasteiger partial charge in [0.25, 0.3) is 5.91 Å². The molecule has 1 aromatic rings. The lowest BCUT2D eigenvalue weighted by atomic mass is 10.2. The summed E-state index contributed by atoms with van der Waals surface area (Å²) in [6, 6.07) is 5.83. The second-order valence-electron chi connectivity index (χ2n) is 3.76. The number of hydrogen-bond donors (Lipinski definition) is 2. The standard InChI is InChI=1S/C12H17NO4S/c1-2-18(16,17)11-6-4-10(5-7-11)12(15)13-8-3-9-14/h4-7,14H,2-3,8-9H2,1H3,(H,13,15). The molecule has 0 saturated heterocycles. The summed E-state index contributed by atoms with van der Waals surface area (Å²) in [6.07, 6.45) is 0.494. The summed E-state index contributed by atoms with van der Waals surface area (Å²) >= 11 is 0. The lowest BCUT2D eigenvalue weighted by Gasteiger charge is -2.05. The molecule has 18 heavy (non-hydrogen) atoms. The summed E-state index contributed by atoms with van der Waals surface area (Å²) in [5, 5.41) is 11.2. The van der Waals surface area contributed by atoms with E-state index in [0.29, 0.717) is 18.5 Å². The predicted octanol–water partition coefficient (Wildman–Crippen LogP) is 0.592. The van der Waals surface area contributed by atoms with Crippen molar-refractivity contribution in [2.45, 2.75) is 18.2 Å². The van der Waals surface area contributed by atoms with Crippen molar-refractivity contribution in [2.75, 3.05) is 18.9 Å². The zero-order valence-corrected chi connectivity index (χ0v) is 11.0. The minimum Gasteiger partial charge on any atom is -0.396 e. The second kappa shape index (κ2) is 6.51. The van der Waals surface area contributed by atoms with Crippen molar-refractivity contribution in [1.29, 1.82) is 0 Å². The van der Waals surface area contributed by atoms with Gasteiger partial charge in [0.2, 0.25) is 0 Å². The Labute approximate surface area is 107 Å². The number of nitrogens with one attached hydrogen (secondary N) is 1. The Bertz CT molecular complexity index is 493. The average molecular weight is 271 g/mol. The van der Waals surface area contributed by atoms with Crippen LogP contribution in [0.5, 0.6) is 0 Å². The van der Waals surface area contributed by atoms with E-state index in [4.69, 9.17) is 5.11 Å². The van der Waals surface area contributed by atoms with Gasteiger partial charge in [0.05, 0.1) is 10.6 Å². The molecule has 0 unspecified atom stereocenters. The summed E-state index contributed by atoms with van der Waals surface area (Å²) in [6.45, 7) is 1.99. The fourth-order valence-corrected chi connectivity index (χ4v) is 2.25. The molecule has 0 radical (unpaired) electrons. The number of benzene rings is 1. The zero-order valence-electron chi connectivity index (χ0n) is 10.2. The van der Waals surface area contributed by atoms with E-state index in [1.54, 1.807) is 6.92 Å². The molecule has 0 heterocycles. The first kappa shape index (κ1) is 14.7. The fraction of sp³-hybridized carbons (Fsp3) is 0.417. The van der Waals surface area contributed by atoms with Crippen LogP contribution in [0.25, 0.3) is 0 Å². The van der Waals surface area contributed by atoms with Crippen LogP contribution in [0.1, 0.15) is 23.7 Å². The molecule has 5 nitrogen and oxygen atoms in total. The molecule has 0 aliphatic rings. The van der Waals surface area contributed by atoms with Gasteiger partial charge in [-0.15, -0.1) is 0 Å². The van der Waals surface area contributed by atoms with Crippen LogP contribution in [0.15, 0.2) is 29.2 Å². The maximum absolute atomic E-state index is 11.6. The molecule has 0 spiro atoms. The molecule has 2 N–H and O–H groups in total. The molecule has 0 aromatic heterocycles. The molecule has 6 heteroatoms. The summed E-state index contributed by atoms with van der Waals surface area (Å²) in [7, 11) is -3.23. The van der Waals surface area contributed by atoms with Gasteiger partial charge in [-0.25, -0.2) is 8.42 Å². The Kier molecular flexibility index (Phi) is 5.30. The summed E-state index contributed by atoms with van der Waals surface area (Å²) < 4.78 is 23.1. The normalized spacial score (nSPS) is 11.2. The Balaban J connectivity index is 2.74. The van der Waals surface area contributed by atoms with E-state index in [-0.39, 0.29) is 23.2 Å². The van der Waals surface area contributed by atoms with Crippen molar-refractivity contribution in [3.05, 3.63) is 29.8 Å². The number of amides is 1. The van der Waals surface area contributed by atoms with Crippen LogP contribution >= 0.6 is 0 Å². The monoisotopic (exact) mass is 271 g/mol. The van der Waals surface area contributed by atoms with Gasteiger partial charge in [0.15, 0.2) is 9.84 Å². The van der Waals surface area contributed by atoms with Crippen LogP contribution in [-0.2, 0) is 9.84 Å². The Morgan fingerprint density at radius 1 is 1.28 bits per heavy atom. The first-order chi connectivity index (χ1) is 8.51. The van der Waals surface area contributed by atoms with E-state index in [9.17, 15) is 13.2 Å². The molecule has 0 fully saturated rings. The Morgan fingerprint density at radius 3 is 2.39 bits per heavy atom. The van der Waals surface area contributed by atoms with Gasteiger partial charge in [0, 0.05) is 18.7 Å². The lowest BCUT2D eigenvalue weighted by Crippen LogP contribution is -2.25. The average Bonchev–Trinajstić information content (AvgIpc) is 2.39. The van der Waals surface area contributed by atoms with E-state index in [1.165, 1.54) is 24.3 Å². The quantitative estimate of drug-likeness (QED) is 0.742. The zero-order chi connectivity index (χ0) is 13.6. The van der Waals surface area contributed by atoms with Gasteiger partial charge in [-0.05, 0) is 30.7 Å². The van der Waals surface area contributed by atoms with E-state index in [2.05, 4.69) is 5.32 Å². The Hall–Kier alpha value is -1.40. The van der Waals surface area contributed by atoms with Crippen LogP contribution in [-0.4, -0.2) is 38.3 Å². The third kappa shape index (κ3) is 3.82. The number of hydrogen-bond acceptors (Lipinski definition) is 4. The Morgan fingerprint density at radius 2 is 1.89 bits per heavy atom. The van der Waals surface area contributed by atoms with Gasteiger partial charge in [-0.2, -0.15) is 0 Å². The summed E-state index contributed by atoms with van der Waals surface area (Å²) in [4.78, 5) is 11.8. The SMILES string of the molecule is CCS(=O)(=O)c1ccc(C(=O)NCCCO)cc1. The molecule has 0 atom stereocenters. The highest BCUT2D eigenvalue weighted by Gasteiger charge is 2.12. The number of aliphatic hydroxyl groups excluding tert-OH is 1. The third-order valence-corrected chi connectivity index (χ3v) is 4.23. The van der Waals surface area contributed by atoms with Crippen LogP contribution in [0, 0.1) is 0 Å². The number of carbonyl (C=O) groups is 1. The van der Waals surface area contributed by atoms with Crippen molar-refractivity contribution >= 4 is 15.7 Å². The summed E-state index contributed by atoms with van der Waals surface area (Å²) in [5.74, 6) is -0.237. The highest BCUT2D eigenvalue weighted by atomic mass is 32.2. The molecular formula is C12H17NO4S. The molecule has 1 aromatic carbocycles. The van der Waals surface area contributed by atoms with Gasteiger partial charge < -0.3 is 10.4 Å². The van der Waals surface area contributed by atoms with Gasteiger partial charge in [-0.3, -0.25) is 4.79 Å². The van der Waals surface area contributed by atoms with Crippen molar-refractivity contribution in [3.8, 4) is 0 Å². The molecule has 0 saturated carbocycles. The predicted molar refractivity (Wildman–Crippen MR) is 68.2 cm³/mol. The highest BCUT2D eigenvalue weighted by Crippen LogP contribution is 2.12. The minimum absolute atomic E-state index is 0.0218. The van der Waals surface area contributed by atoms with Crippen LogP contribution in [0.3, 0.4) is 0 Å². The second-order valence-corrected chi connectivity index (χ2v) is 6.04. The van der Waals surface area contributed by atoms with E-state index >= 15 is 0 Å². The number of aliphatic hydroxyl groups is 1. The minimum atomic E-state index is -3.23. The maximum Gasteiger partial charge on any atom is 0.251 e. The first-order valence-corrected chi connectivity index (χ1v) is 7.38. The first-order valence-electron chi connectivity index (χ1n) is 5.73. The van der Waals surface area contributed by atoms with Crippen molar-refractivity contribution < 1.29 is 18.3 Å². The van der Waals surface area contributed by atoms with Gasteiger partial charge >= 0.3 is 0 Å². The smallest absolute Gasteiger partial charge is 0.251 e. The van der Waals surface area contributed by atoms with Crippen molar-refractivity contribution in [2.24, 2.45) is 0 Å². The number of sulfone groups is 1. The van der Waals surface area contributed by atoms with E-state index < -0.39 is 9.84 Å². The van der Waals surface area contributed by atoms with Gasteiger partial charge in [-0.1, -0.05) is 6.92 Å². The molecular weight excluding hydrogens is 254 g/mol. The largest absolute Gasteiger partial charge is 0.396 e. The highest BCUT2D eigenvalue weighted by molar-refractivity contribution is 7.91. The molecule has 0 aliphatic heterocycles. The summed E-state index contributed by atoms with van der Waals surface area (Å²) in [5.41, 5.74) is 0.406. The van der Waals surface area contributed by atoms with Crippen molar-refractivity contribution in [3.63, 3.8) is 0 Å². The fourth-order valence-electron chi connectivity index (χ4n) is 1.36. The van der Waals surface area contributed by atoms with Crippen LogP contribution in [0.2, 0.25) is 0 Å². The molecule has 100 valence electrons. The van der Waals surface area contributed by atoms with Crippen LogP contribution < -0.4 is 5.32 Å². The number of carbonyl (C=O) groups excluding carboxylic acids is 1. The number of rotatable bonds is 6. The van der Waals surface area contributed by atoms with Crippen molar-refractivity contribution in [1.82, 2.24) is 5.32 Å². The molecule has 1 rings (SSSR count). The molecule has 0 aliphatic carbocycles. The van der Waals surface area contributed by atoms with E-state index in [0.717, 1.165) is 0 Å². The third-order valence-electron chi connectivity index (χ3n) is 2.48.